The SMILES string of the molecule is COCCCN(C(=S)Nc1c(C)cc(C)cc1C)[C@H](C)c1ccccn1. The standard InChI is InChI=1S/C21H29N3OS/c1-15-13-16(2)20(17(3)14-15)23-21(26)24(11-8-12-25-5)18(4)19-9-6-7-10-22-19/h6-7,9-10,13-14,18H,8,11-12H2,1-5H3,(H,23,26)/t18-/m1/s1. The number of nitrogens with one attached hydrogen (secondary N) is 1. The van der Waals surface area contributed by atoms with Gasteiger partial charge in [-0.25, -0.2) is 0 Å². The molecular weight excluding hydrogens is 342 g/mol. The summed E-state index contributed by atoms with van der Waals surface area (Å²) in [4.78, 5) is 6.69. The van der Waals surface area contributed by atoms with Gasteiger partial charge in [0.2, 0.25) is 0 Å². The third kappa shape index (κ3) is 5.26. The fourth-order valence-electron chi connectivity index (χ4n) is 3.19. The van der Waals surface area contributed by atoms with Crippen LogP contribution >= 0.6 is 12.2 Å². The van der Waals surface area contributed by atoms with E-state index in [1.807, 2.05) is 24.4 Å². The highest BCUT2D eigenvalue weighted by atomic mass is 32.1. The molecule has 1 aromatic carbocycles. The average Bonchev–Trinajstić information content (AvgIpc) is 2.62. The summed E-state index contributed by atoms with van der Waals surface area (Å²) >= 11 is 5.78. The lowest BCUT2D eigenvalue weighted by Gasteiger charge is -2.32. The predicted octanol–water partition coefficient (Wildman–Crippen LogP) is 4.80. The summed E-state index contributed by atoms with van der Waals surface area (Å²) in [5, 5.41) is 4.19. The molecule has 0 spiro atoms. The number of pyridine rings is 1. The van der Waals surface area contributed by atoms with Crippen LogP contribution in [0.2, 0.25) is 0 Å². The number of hydrogen-bond donors (Lipinski definition) is 1. The normalized spacial score (nSPS) is 11.9. The van der Waals surface area contributed by atoms with Crippen LogP contribution in [0.4, 0.5) is 5.69 Å². The van der Waals surface area contributed by atoms with Crippen LogP contribution in [0.25, 0.3) is 0 Å². The van der Waals surface area contributed by atoms with Crippen molar-refractivity contribution in [1.29, 1.82) is 0 Å². The van der Waals surface area contributed by atoms with Gasteiger partial charge in [0.15, 0.2) is 5.11 Å². The van der Waals surface area contributed by atoms with Crippen LogP contribution in [0.5, 0.6) is 0 Å². The van der Waals surface area contributed by atoms with Crippen molar-refractivity contribution in [3.05, 3.63) is 58.9 Å². The van der Waals surface area contributed by atoms with Gasteiger partial charge in [-0.2, -0.15) is 0 Å². The van der Waals surface area contributed by atoms with E-state index in [0.29, 0.717) is 11.7 Å². The van der Waals surface area contributed by atoms with Gasteiger partial charge in [0.1, 0.15) is 0 Å². The van der Waals surface area contributed by atoms with Crippen molar-refractivity contribution >= 4 is 23.0 Å². The lowest BCUT2D eigenvalue weighted by atomic mass is 10.1. The van der Waals surface area contributed by atoms with E-state index in [2.05, 4.69) is 55.0 Å². The van der Waals surface area contributed by atoms with Crippen LogP contribution in [-0.4, -0.2) is 35.3 Å². The van der Waals surface area contributed by atoms with Crippen molar-refractivity contribution in [3.63, 3.8) is 0 Å². The first-order valence-electron chi connectivity index (χ1n) is 8.99. The Morgan fingerprint density at radius 2 is 1.92 bits per heavy atom. The number of ether oxygens (including phenoxy) is 1. The molecule has 0 bridgehead atoms. The topological polar surface area (TPSA) is 37.4 Å². The van der Waals surface area contributed by atoms with E-state index in [9.17, 15) is 0 Å². The fourth-order valence-corrected chi connectivity index (χ4v) is 3.54. The number of rotatable bonds is 7. The lowest BCUT2D eigenvalue weighted by Crippen LogP contribution is -2.38. The average molecular weight is 372 g/mol. The van der Waals surface area contributed by atoms with Crippen LogP contribution < -0.4 is 5.32 Å². The maximum absolute atomic E-state index is 5.78. The summed E-state index contributed by atoms with van der Waals surface area (Å²) in [5.41, 5.74) is 5.76. The molecule has 1 N–H and O–H groups in total. The molecule has 0 amide bonds. The number of nitrogens with zero attached hydrogens (tertiary/aromatic N) is 2. The molecule has 140 valence electrons. The summed E-state index contributed by atoms with van der Waals surface area (Å²) in [7, 11) is 1.72. The van der Waals surface area contributed by atoms with Crippen molar-refractivity contribution in [2.45, 2.75) is 40.2 Å². The van der Waals surface area contributed by atoms with Crippen LogP contribution in [0.1, 0.15) is 41.8 Å². The highest BCUT2D eigenvalue weighted by molar-refractivity contribution is 7.80. The first-order valence-corrected chi connectivity index (χ1v) is 9.40. The van der Waals surface area contributed by atoms with Crippen molar-refractivity contribution in [3.8, 4) is 0 Å². The summed E-state index contributed by atoms with van der Waals surface area (Å²) in [6.07, 6.45) is 2.73. The van der Waals surface area contributed by atoms with Gasteiger partial charge in [-0.1, -0.05) is 23.8 Å². The number of aromatic nitrogens is 1. The Balaban J connectivity index is 2.23. The minimum absolute atomic E-state index is 0.0825. The van der Waals surface area contributed by atoms with Crippen molar-refractivity contribution in [2.24, 2.45) is 0 Å². The van der Waals surface area contributed by atoms with Gasteiger partial charge < -0.3 is 15.0 Å². The van der Waals surface area contributed by atoms with E-state index in [4.69, 9.17) is 17.0 Å². The molecule has 0 saturated carbocycles. The molecule has 1 heterocycles. The van der Waals surface area contributed by atoms with Gasteiger partial charge in [-0.3, -0.25) is 4.98 Å². The monoisotopic (exact) mass is 371 g/mol. The van der Waals surface area contributed by atoms with Crippen molar-refractivity contribution in [2.75, 3.05) is 25.6 Å². The zero-order valence-corrected chi connectivity index (χ0v) is 17.2. The first kappa shape index (κ1) is 20.3. The molecule has 26 heavy (non-hydrogen) atoms. The Kier molecular flexibility index (Phi) is 7.54. The summed E-state index contributed by atoms with van der Waals surface area (Å²) in [6, 6.07) is 10.4. The fraction of sp³-hybridized carbons (Fsp3) is 0.429. The lowest BCUT2D eigenvalue weighted by molar-refractivity contribution is 0.181. The van der Waals surface area contributed by atoms with Gasteiger partial charge in [-0.15, -0.1) is 0 Å². The number of hydrogen-bond acceptors (Lipinski definition) is 3. The largest absolute Gasteiger partial charge is 0.385 e. The minimum atomic E-state index is 0.0825. The highest BCUT2D eigenvalue weighted by Crippen LogP contribution is 2.25. The molecule has 0 radical (unpaired) electrons. The van der Waals surface area contributed by atoms with Gasteiger partial charge in [-0.05, 0) is 69.6 Å². The molecule has 2 aromatic rings. The Hall–Kier alpha value is -1.98. The smallest absolute Gasteiger partial charge is 0.173 e. The van der Waals surface area contributed by atoms with Crippen LogP contribution in [0, 0.1) is 20.8 Å². The Bertz CT molecular complexity index is 710. The van der Waals surface area contributed by atoms with Crippen LogP contribution in [0.15, 0.2) is 36.5 Å². The molecule has 0 aliphatic rings. The molecule has 0 aliphatic carbocycles. The van der Waals surface area contributed by atoms with E-state index >= 15 is 0 Å². The quantitative estimate of drug-likeness (QED) is 0.559. The summed E-state index contributed by atoms with van der Waals surface area (Å²) < 4.78 is 5.22. The number of benzene rings is 1. The Morgan fingerprint density at radius 3 is 2.50 bits per heavy atom. The Morgan fingerprint density at radius 1 is 1.23 bits per heavy atom. The van der Waals surface area contributed by atoms with Crippen LogP contribution in [-0.2, 0) is 4.74 Å². The third-order valence-corrected chi connectivity index (χ3v) is 4.84. The molecule has 0 unspecified atom stereocenters. The molecule has 0 aliphatic heterocycles. The minimum Gasteiger partial charge on any atom is -0.385 e. The zero-order chi connectivity index (χ0) is 19.1. The van der Waals surface area contributed by atoms with Gasteiger partial charge >= 0.3 is 0 Å². The van der Waals surface area contributed by atoms with E-state index in [1.54, 1.807) is 7.11 Å². The van der Waals surface area contributed by atoms with Gasteiger partial charge in [0, 0.05) is 32.1 Å². The second kappa shape index (κ2) is 9.64. The van der Waals surface area contributed by atoms with E-state index < -0.39 is 0 Å². The number of methoxy groups -OCH3 is 1. The van der Waals surface area contributed by atoms with Gasteiger partial charge in [0.05, 0.1) is 11.7 Å². The number of aryl methyl sites for hydroxylation is 3. The number of anilines is 1. The molecular formula is C21H29N3OS. The molecule has 2 rings (SSSR count). The number of thiocarbonyl (C=S) groups is 1. The maximum Gasteiger partial charge on any atom is 0.173 e. The summed E-state index contributed by atoms with van der Waals surface area (Å²) in [5.74, 6) is 0. The third-order valence-electron chi connectivity index (χ3n) is 4.50. The molecule has 0 saturated heterocycles. The highest BCUT2D eigenvalue weighted by Gasteiger charge is 2.20. The molecule has 5 heteroatoms. The summed E-state index contributed by atoms with van der Waals surface area (Å²) in [6.45, 7) is 9.99. The first-order chi connectivity index (χ1) is 12.4. The van der Waals surface area contributed by atoms with Crippen molar-refractivity contribution < 1.29 is 4.74 Å². The second-order valence-electron chi connectivity index (χ2n) is 6.67. The van der Waals surface area contributed by atoms with Gasteiger partial charge in [0.25, 0.3) is 0 Å². The molecule has 0 fully saturated rings. The van der Waals surface area contributed by atoms with Crippen molar-refractivity contribution in [1.82, 2.24) is 9.88 Å². The maximum atomic E-state index is 5.78. The van der Waals surface area contributed by atoms with Crippen LogP contribution in [0.3, 0.4) is 0 Å². The second-order valence-corrected chi connectivity index (χ2v) is 7.06. The molecule has 4 nitrogen and oxygen atoms in total. The Labute approximate surface area is 162 Å². The molecule has 1 atom stereocenters. The zero-order valence-electron chi connectivity index (χ0n) is 16.4. The molecule has 1 aromatic heterocycles. The van der Waals surface area contributed by atoms with E-state index in [1.165, 1.54) is 16.7 Å². The van der Waals surface area contributed by atoms with E-state index in [0.717, 1.165) is 24.3 Å². The van der Waals surface area contributed by atoms with E-state index in [-0.39, 0.29) is 6.04 Å². The predicted molar refractivity (Wildman–Crippen MR) is 113 cm³/mol.